The molecule has 7 nitrogen and oxygen atoms in total. The van der Waals surface area contributed by atoms with E-state index in [0.29, 0.717) is 11.5 Å². The molecule has 0 aliphatic heterocycles. The Morgan fingerprint density at radius 1 is 1.03 bits per heavy atom. The first-order chi connectivity index (χ1) is 14.3. The van der Waals surface area contributed by atoms with Crippen molar-refractivity contribution in [3.63, 3.8) is 0 Å². The maximum absolute atomic E-state index is 12.1. The lowest BCUT2D eigenvalue weighted by Gasteiger charge is -2.21. The van der Waals surface area contributed by atoms with Crippen molar-refractivity contribution in [2.75, 3.05) is 12.4 Å². The van der Waals surface area contributed by atoms with Crippen LogP contribution in [-0.4, -0.2) is 33.9 Å². The molecule has 0 aromatic carbocycles. The highest BCUT2D eigenvalue weighted by Crippen LogP contribution is 2.31. The topological polar surface area (TPSA) is 94.1 Å². The minimum absolute atomic E-state index is 0.0306. The number of rotatable bonds is 5. The zero-order valence-corrected chi connectivity index (χ0v) is 17.5. The Hall–Kier alpha value is -3.35. The van der Waals surface area contributed by atoms with Crippen molar-refractivity contribution >= 4 is 28.5 Å². The summed E-state index contributed by atoms with van der Waals surface area (Å²) >= 11 is 0. The number of amides is 1. The van der Waals surface area contributed by atoms with E-state index in [1.54, 1.807) is 32.4 Å². The van der Waals surface area contributed by atoms with Crippen LogP contribution >= 0.6 is 0 Å². The first-order valence-electron chi connectivity index (χ1n) is 9.92. The Balaban J connectivity index is 1.62. The van der Waals surface area contributed by atoms with Crippen LogP contribution in [-0.2, 0) is 19.7 Å². The van der Waals surface area contributed by atoms with E-state index in [1.807, 2.05) is 25.1 Å². The van der Waals surface area contributed by atoms with Gasteiger partial charge in [-0.05, 0) is 57.4 Å². The van der Waals surface area contributed by atoms with Gasteiger partial charge in [-0.2, -0.15) is 0 Å². The Morgan fingerprint density at radius 2 is 1.73 bits per heavy atom. The predicted molar refractivity (Wildman–Crippen MR) is 114 cm³/mol. The molecule has 0 spiro atoms. The van der Waals surface area contributed by atoms with Crippen molar-refractivity contribution in [1.29, 1.82) is 0 Å². The van der Waals surface area contributed by atoms with Gasteiger partial charge in [-0.1, -0.05) is 0 Å². The summed E-state index contributed by atoms with van der Waals surface area (Å²) in [5, 5.41) is 4.68. The summed E-state index contributed by atoms with van der Waals surface area (Å²) < 4.78 is 4.90. The molecule has 1 saturated carbocycles. The third-order valence-electron chi connectivity index (χ3n) is 5.53. The van der Waals surface area contributed by atoms with Gasteiger partial charge >= 0.3 is 5.97 Å². The van der Waals surface area contributed by atoms with Crippen molar-refractivity contribution < 1.29 is 14.3 Å². The molecule has 3 aromatic heterocycles. The second-order valence-electron chi connectivity index (χ2n) is 8.25. The lowest BCUT2D eigenvalue weighted by molar-refractivity contribution is -0.146. The molecule has 1 N–H and O–H groups in total. The van der Waals surface area contributed by atoms with E-state index in [2.05, 4.69) is 20.3 Å². The molecule has 3 aromatic rings. The third-order valence-corrected chi connectivity index (χ3v) is 5.53. The van der Waals surface area contributed by atoms with Gasteiger partial charge in [0.15, 0.2) is 0 Å². The molecule has 1 amide bonds. The summed E-state index contributed by atoms with van der Waals surface area (Å²) in [6, 6.07) is 5.68. The maximum Gasteiger partial charge on any atom is 0.317 e. The summed E-state index contributed by atoms with van der Waals surface area (Å²) in [7, 11) is 1.38. The summed E-state index contributed by atoms with van der Waals surface area (Å²) in [5.74, 6) is 0.372. The normalized spacial score (nSPS) is 13.9. The molecular formula is C23H24N4O3. The van der Waals surface area contributed by atoms with Crippen molar-refractivity contribution in [3.8, 4) is 11.3 Å². The number of methoxy groups -OCH3 is 1. The number of carbonyl (C=O) groups excluding carboxylic acids is 2. The zero-order chi connectivity index (χ0) is 21.5. The van der Waals surface area contributed by atoms with Gasteiger partial charge in [0.1, 0.15) is 11.2 Å². The fourth-order valence-corrected chi connectivity index (χ4v) is 3.35. The SMILES string of the molecule is COC(=O)C(C)(C)c1cc(C)c(-c2cc3cnc(NC(=O)C4CC4)cc3cn2)cn1. The minimum atomic E-state index is -0.833. The van der Waals surface area contributed by atoms with E-state index >= 15 is 0 Å². The fourth-order valence-electron chi connectivity index (χ4n) is 3.35. The summed E-state index contributed by atoms with van der Waals surface area (Å²) in [4.78, 5) is 37.5. The lowest BCUT2D eigenvalue weighted by atomic mass is 9.87. The molecule has 154 valence electrons. The predicted octanol–water partition coefficient (Wildman–Crippen LogP) is 3.80. The first kappa shape index (κ1) is 19.9. The fraction of sp³-hybridized carbons (Fsp3) is 0.348. The maximum atomic E-state index is 12.1. The number of esters is 1. The highest BCUT2D eigenvalue weighted by atomic mass is 16.5. The summed E-state index contributed by atoms with van der Waals surface area (Å²) in [5.41, 5.74) is 2.43. The van der Waals surface area contributed by atoms with Gasteiger partial charge in [-0.3, -0.25) is 19.6 Å². The molecule has 0 atom stereocenters. The van der Waals surface area contributed by atoms with E-state index in [4.69, 9.17) is 4.74 Å². The van der Waals surface area contributed by atoms with Crippen LogP contribution in [0, 0.1) is 12.8 Å². The summed E-state index contributed by atoms with van der Waals surface area (Å²) in [6.45, 7) is 5.55. The number of nitrogens with zero attached hydrogens (tertiary/aromatic N) is 3. The van der Waals surface area contributed by atoms with Gasteiger partial charge in [0.2, 0.25) is 5.91 Å². The Labute approximate surface area is 174 Å². The average molecular weight is 404 g/mol. The molecule has 30 heavy (non-hydrogen) atoms. The Bertz CT molecular complexity index is 1150. The number of anilines is 1. The van der Waals surface area contributed by atoms with Crippen LogP contribution in [0.1, 0.15) is 37.9 Å². The molecule has 4 rings (SSSR count). The van der Waals surface area contributed by atoms with Crippen LogP contribution in [0.4, 0.5) is 5.82 Å². The van der Waals surface area contributed by atoms with Crippen LogP contribution in [0.2, 0.25) is 0 Å². The van der Waals surface area contributed by atoms with Crippen molar-refractivity contribution in [2.24, 2.45) is 5.92 Å². The van der Waals surface area contributed by atoms with Crippen molar-refractivity contribution in [1.82, 2.24) is 15.0 Å². The highest BCUT2D eigenvalue weighted by molar-refractivity contribution is 5.95. The first-order valence-corrected chi connectivity index (χ1v) is 9.92. The van der Waals surface area contributed by atoms with Crippen LogP contribution < -0.4 is 5.32 Å². The number of nitrogens with one attached hydrogen (secondary N) is 1. The van der Waals surface area contributed by atoms with Gasteiger partial charge in [0, 0.05) is 40.8 Å². The van der Waals surface area contributed by atoms with Crippen LogP contribution in [0.15, 0.2) is 36.8 Å². The van der Waals surface area contributed by atoms with E-state index in [0.717, 1.165) is 40.4 Å². The van der Waals surface area contributed by atoms with E-state index in [9.17, 15) is 9.59 Å². The quantitative estimate of drug-likeness (QED) is 0.650. The van der Waals surface area contributed by atoms with Gasteiger partial charge in [0.25, 0.3) is 0 Å². The number of aryl methyl sites for hydroxylation is 1. The van der Waals surface area contributed by atoms with Gasteiger partial charge in [-0.15, -0.1) is 0 Å². The number of pyridine rings is 3. The van der Waals surface area contributed by atoms with Crippen molar-refractivity contribution in [2.45, 2.75) is 39.0 Å². The number of aromatic nitrogens is 3. The second kappa shape index (κ2) is 7.48. The van der Waals surface area contributed by atoms with Crippen LogP contribution in [0.25, 0.3) is 22.0 Å². The van der Waals surface area contributed by atoms with Crippen molar-refractivity contribution in [3.05, 3.63) is 48.0 Å². The second-order valence-corrected chi connectivity index (χ2v) is 8.25. The molecule has 0 radical (unpaired) electrons. The van der Waals surface area contributed by atoms with Gasteiger partial charge < -0.3 is 10.1 Å². The Kier molecular flexibility index (Phi) is 4.97. The molecule has 1 fully saturated rings. The van der Waals surface area contributed by atoms with E-state index < -0.39 is 5.41 Å². The average Bonchev–Trinajstić information content (AvgIpc) is 3.58. The lowest BCUT2D eigenvalue weighted by Crippen LogP contribution is -2.31. The number of carbonyl (C=O) groups is 2. The molecular weight excluding hydrogens is 380 g/mol. The molecule has 1 aliphatic carbocycles. The van der Waals surface area contributed by atoms with Crippen LogP contribution in [0.5, 0.6) is 0 Å². The van der Waals surface area contributed by atoms with Gasteiger partial charge in [0.05, 0.1) is 18.5 Å². The third kappa shape index (κ3) is 3.75. The molecule has 3 heterocycles. The minimum Gasteiger partial charge on any atom is -0.468 e. The molecule has 7 heteroatoms. The highest BCUT2D eigenvalue weighted by Gasteiger charge is 2.33. The molecule has 0 saturated heterocycles. The molecule has 0 bridgehead atoms. The van der Waals surface area contributed by atoms with E-state index in [-0.39, 0.29) is 17.8 Å². The van der Waals surface area contributed by atoms with E-state index in [1.165, 1.54) is 7.11 Å². The number of fused-ring (bicyclic) bond motifs is 1. The largest absolute Gasteiger partial charge is 0.468 e. The monoisotopic (exact) mass is 404 g/mol. The number of hydrogen-bond acceptors (Lipinski definition) is 6. The standard InChI is InChI=1S/C23H24N4O3/c1-13-7-19(23(2,3)22(29)30-4)25-12-17(13)18-8-15-11-26-20(9-16(15)10-24-18)27-21(28)14-5-6-14/h7-12,14H,5-6H2,1-4H3,(H,26,27,28). The smallest absolute Gasteiger partial charge is 0.317 e. The Morgan fingerprint density at radius 3 is 2.40 bits per heavy atom. The zero-order valence-electron chi connectivity index (χ0n) is 17.5. The summed E-state index contributed by atoms with van der Waals surface area (Å²) in [6.07, 6.45) is 7.15. The molecule has 1 aliphatic rings. The van der Waals surface area contributed by atoms with Crippen LogP contribution in [0.3, 0.4) is 0 Å². The number of ether oxygens (including phenoxy) is 1. The number of hydrogen-bond donors (Lipinski definition) is 1. The van der Waals surface area contributed by atoms with Gasteiger partial charge in [-0.25, -0.2) is 4.98 Å². The molecule has 0 unspecified atom stereocenters.